The van der Waals surface area contributed by atoms with Gasteiger partial charge in [0, 0.05) is 0 Å². The zero-order valence-corrected chi connectivity index (χ0v) is 11.5. The highest BCUT2D eigenvalue weighted by Crippen LogP contribution is 2.28. The number of hydrogen-bond donors (Lipinski definition) is 2. The molecule has 0 heterocycles. The second kappa shape index (κ2) is 8.37. The molecular weight excluding hydrogens is 244 g/mol. The lowest BCUT2D eigenvalue weighted by Crippen LogP contribution is -2.42. The summed E-state index contributed by atoms with van der Waals surface area (Å²) in [7, 11) is 0. The first kappa shape index (κ1) is 15.3. The van der Waals surface area contributed by atoms with Crippen LogP contribution in [0, 0.1) is 0 Å². The van der Waals surface area contributed by atoms with Crippen molar-refractivity contribution in [2.45, 2.75) is 39.2 Å². The molecule has 106 valence electrons. The number of amides is 1. The second-order valence-electron chi connectivity index (χ2n) is 4.20. The van der Waals surface area contributed by atoms with E-state index in [9.17, 15) is 4.79 Å². The van der Waals surface area contributed by atoms with Crippen LogP contribution in [0.15, 0.2) is 24.3 Å². The van der Waals surface area contributed by atoms with Crippen LogP contribution < -0.4 is 20.7 Å². The van der Waals surface area contributed by atoms with E-state index < -0.39 is 6.10 Å². The van der Waals surface area contributed by atoms with Gasteiger partial charge in [0.25, 0.3) is 5.91 Å². The number of hydrogen-bond acceptors (Lipinski definition) is 4. The zero-order valence-electron chi connectivity index (χ0n) is 11.5. The van der Waals surface area contributed by atoms with Gasteiger partial charge in [0.05, 0.1) is 6.61 Å². The van der Waals surface area contributed by atoms with Gasteiger partial charge < -0.3 is 9.47 Å². The van der Waals surface area contributed by atoms with E-state index in [-0.39, 0.29) is 5.91 Å². The molecule has 1 aromatic carbocycles. The summed E-state index contributed by atoms with van der Waals surface area (Å²) in [4.78, 5) is 11.6. The van der Waals surface area contributed by atoms with Gasteiger partial charge in [-0.1, -0.05) is 32.4 Å². The van der Waals surface area contributed by atoms with Gasteiger partial charge in [-0.3, -0.25) is 10.2 Å². The molecule has 1 amide bonds. The fourth-order valence-electron chi connectivity index (χ4n) is 1.63. The van der Waals surface area contributed by atoms with Gasteiger partial charge in [-0.2, -0.15) is 0 Å². The Morgan fingerprint density at radius 3 is 2.53 bits per heavy atom. The van der Waals surface area contributed by atoms with Gasteiger partial charge in [-0.25, -0.2) is 5.84 Å². The maximum atomic E-state index is 11.6. The van der Waals surface area contributed by atoms with Crippen LogP contribution in [0.25, 0.3) is 0 Å². The molecule has 5 heteroatoms. The summed E-state index contributed by atoms with van der Waals surface area (Å²) >= 11 is 0. The number of para-hydroxylation sites is 2. The van der Waals surface area contributed by atoms with Crippen molar-refractivity contribution in [3.63, 3.8) is 0 Å². The van der Waals surface area contributed by atoms with Gasteiger partial charge in [0.1, 0.15) is 0 Å². The smallest absolute Gasteiger partial charge is 0.274 e. The van der Waals surface area contributed by atoms with Gasteiger partial charge in [0.2, 0.25) is 0 Å². The number of rotatable bonds is 8. The van der Waals surface area contributed by atoms with Gasteiger partial charge in [0.15, 0.2) is 17.6 Å². The number of carbonyl (C=O) groups is 1. The molecule has 0 saturated carbocycles. The van der Waals surface area contributed by atoms with Crippen molar-refractivity contribution >= 4 is 5.91 Å². The molecule has 0 radical (unpaired) electrons. The maximum absolute atomic E-state index is 11.6. The molecule has 0 spiro atoms. The van der Waals surface area contributed by atoms with E-state index in [0.29, 0.717) is 24.5 Å². The minimum Gasteiger partial charge on any atom is -0.490 e. The minimum absolute atomic E-state index is 0.327. The Morgan fingerprint density at radius 1 is 1.26 bits per heavy atom. The van der Waals surface area contributed by atoms with Crippen LogP contribution in [0.2, 0.25) is 0 Å². The SMILES string of the molecule is CCCOc1ccccc1OC(CCC)C(=O)NN. The van der Waals surface area contributed by atoms with Crippen molar-refractivity contribution in [1.82, 2.24) is 5.43 Å². The van der Waals surface area contributed by atoms with Crippen LogP contribution in [0.4, 0.5) is 0 Å². The summed E-state index contributed by atoms with van der Waals surface area (Å²) in [6, 6.07) is 7.33. The lowest BCUT2D eigenvalue weighted by Gasteiger charge is -2.19. The fourth-order valence-corrected chi connectivity index (χ4v) is 1.63. The van der Waals surface area contributed by atoms with Crippen LogP contribution >= 0.6 is 0 Å². The molecule has 0 fully saturated rings. The van der Waals surface area contributed by atoms with E-state index in [2.05, 4.69) is 5.43 Å². The molecule has 1 unspecified atom stereocenters. The van der Waals surface area contributed by atoms with E-state index in [1.165, 1.54) is 0 Å². The third kappa shape index (κ3) is 4.79. The van der Waals surface area contributed by atoms with E-state index in [1.807, 2.05) is 32.0 Å². The number of carbonyl (C=O) groups excluding carboxylic acids is 1. The van der Waals surface area contributed by atoms with E-state index in [4.69, 9.17) is 15.3 Å². The normalized spacial score (nSPS) is 11.7. The second-order valence-corrected chi connectivity index (χ2v) is 4.20. The van der Waals surface area contributed by atoms with E-state index in [0.717, 1.165) is 12.8 Å². The molecule has 1 aromatic rings. The van der Waals surface area contributed by atoms with E-state index >= 15 is 0 Å². The van der Waals surface area contributed by atoms with Crippen LogP contribution in [0.1, 0.15) is 33.1 Å². The van der Waals surface area contributed by atoms with Crippen molar-refractivity contribution in [3.8, 4) is 11.5 Å². The van der Waals surface area contributed by atoms with Crippen LogP contribution in [-0.2, 0) is 4.79 Å². The Balaban J connectivity index is 2.80. The minimum atomic E-state index is -0.596. The van der Waals surface area contributed by atoms with Crippen molar-refractivity contribution in [2.24, 2.45) is 5.84 Å². The average molecular weight is 266 g/mol. The topological polar surface area (TPSA) is 73.6 Å². The van der Waals surface area contributed by atoms with Crippen LogP contribution in [0.3, 0.4) is 0 Å². The van der Waals surface area contributed by atoms with Gasteiger partial charge in [-0.15, -0.1) is 0 Å². The molecule has 0 saturated heterocycles. The van der Waals surface area contributed by atoms with Crippen molar-refractivity contribution in [1.29, 1.82) is 0 Å². The number of nitrogens with one attached hydrogen (secondary N) is 1. The van der Waals surface area contributed by atoms with Crippen molar-refractivity contribution in [3.05, 3.63) is 24.3 Å². The van der Waals surface area contributed by atoms with E-state index in [1.54, 1.807) is 6.07 Å². The summed E-state index contributed by atoms with van der Waals surface area (Å²) in [5, 5.41) is 0. The summed E-state index contributed by atoms with van der Waals surface area (Å²) in [5.74, 6) is 6.05. The first-order chi connectivity index (χ1) is 9.22. The molecule has 0 aliphatic carbocycles. The molecule has 19 heavy (non-hydrogen) atoms. The Morgan fingerprint density at radius 2 is 1.95 bits per heavy atom. The number of hydrazine groups is 1. The van der Waals surface area contributed by atoms with Gasteiger partial charge in [-0.05, 0) is 25.0 Å². The molecular formula is C14H22N2O3. The summed E-state index contributed by atoms with van der Waals surface area (Å²) in [5.41, 5.74) is 2.13. The third-order valence-corrected chi connectivity index (χ3v) is 2.57. The van der Waals surface area contributed by atoms with Crippen molar-refractivity contribution in [2.75, 3.05) is 6.61 Å². The highest BCUT2D eigenvalue weighted by Gasteiger charge is 2.20. The molecule has 3 N–H and O–H groups in total. The van der Waals surface area contributed by atoms with Crippen LogP contribution in [0.5, 0.6) is 11.5 Å². The first-order valence-corrected chi connectivity index (χ1v) is 6.61. The fraction of sp³-hybridized carbons (Fsp3) is 0.500. The molecule has 1 atom stereocenters. The molecule has 1 rings (SSSR count). The molecule has 0 aromatic heterocycles. The van der Waals surface area contributed by atoms with Crippen LogP contribution in [-0.4, -0.2) is 18.6 Å². The highest BCUT2D eigenvalue weighted by atomic mass is 16.5. The summed E-state index contributed by atoms with van der Waals surface area (Å²) in [6.45, 7) is 4.63. The Labute approximate surface area is 114 Å². The summed E-state index contributed by atoms with van der Waals surface area (Å²) in [6.07, 6.45) is 1.75. The lowest BCUT2D eigenvalue weighted by molar-refractivity contribution is -0.128. The molecule has 5 nitrogen and oxygen atoms in total. The number of nitrogens with two attached hydrogens (primary N) is 1. The zero-order chi connectivity index (χ0) is 14.1. The first-order valence-electron chi connectivity index (χ1n) is 6.61. The monoisotopic (exact) mass is 266 g/mol. The summed E-state index contributed by atoms with van der Waals surface area (Å²) < 4.78 is 11.3. The van der Waals surface area contributed by atoms with Crippen molar-refractivity contribution < 1.29 is 14.3 Å². The Hall–Kier alpha value is -1.75. The number of benzene rings is 1. The quantitative estimate of drug-likeness (QED) is 0.429. The Kier molecular flexibility index (Phi) is 6.74. The maximum Gasteiger partial charge on any atom is 0.274 e. The molecule has 0 aliphatic rings. The Bertz CT molecular complexity index is 396. The molecule has 0 aliphatic heterocycles. The largest absolute Gasteiger partial charge is 0.490 e. The lowest BCUT2D eigenvalue weighted by atomic mass is 10.2. The standard InChI is InChI=1S/C14H22N2O3/c1-3-7-13(14(17)16-15)19-12-9-6-5-8-11(12)18-10-4-2/h5-6,8-9,13H,3-4,7,10,15H2,1-2H3,(H,16,17). The molecule has 0 bridgehead atoms. The predicted octanol–water partition coefficient (Wildman–Crippen LogP) is 2.01. The third-order valence-electron chi connectivity index (χ3n) is 2.57. The highest BCUT2D eigenvalue weighted by molar-refractivity contribution is 5.80. The average Bonchev–Trinajstić information content (AvgIpc) is 2.45. The van der Waals surface area contributed by atoms with Gasteiger partial charge >= 0.3 is 0 Å². The number of ether oxygens (including phenoxy) is 2. The predicted molar refractivity (Wildman–Crippen MR) is 73.9 cm³/mol.